The first-order valence-electron chi connectivity index (χ1n) is 12.1. The van der Waals surface area contributed by atoms with E-state index in [1.165, 1.54) is 0 Å². The van der Waals surface area contributed by atoms with Crippen LogP contribution < -0.4 is 5.32 Å². The molecule has 8 nitrogen and oxygen atoms in total. The van der Waals surface area contributed by atoms with Gasteiger partial charge in [-0.05, 0) is 50.7 Å². The molecule has 0 radical (unpaired) electrons. The predicted octanol–water partition coefficient (Wildman–Crippen LogP) is 3.10. The highest BCUT2D eigenvalue weighted by Gasteiger charge is 2.33. The van der Waals surface area contributed by atoms with Crippen LogP contribution in [-0.2, 0) is 30.3 Å². The number of hydrazone groups is 1. The molecule has 0 unspecified atom stereocenters. The summed E-state index contributed by atoms with van der Waals surface area (Å²) in [4.78, 5) is 38.4. The number of aryl methyl sites for hydroxylation is 1. The Labute approximate surface area is 206 Å². The third-order valence-electron chi connectivity index (χ3n) is 5.69. The van der Waals surface area contributed by atoms with E-state index in [-0.39, 0.29) is 25.7 Å². The average molecular weight is 480 g/mol. The maximum absolute atomic E-state index is 13.4. The minimum absolute atomic E-state index is 0.211. The summed E-state index contributed by atoms with van der Waals surface area (Å²) in [7, 11) is 0. The van der Waals surface area contributed by atoms with Crippen LogP contribution in [0.3, 0.4) is 0 Å². The lowest BCUT2D eigenvalue weighted by Gasteiger charge is -2.25. The van der Waals surface area contributed by atoms with Crippen LogP contribution in [0.2, 0.25) is 0 Å². The van der Waals surface area contributed by atoms with E-state index in [9.17, 15) is 14.4 Å². The van der Waals surface area contributed by atoms with E-state index >= 15 is 0 Å². The highest BCUT2D eigenvalue weighted by Crippen LogP contribution is 2.18. The highest BCUT2D eigenvalue weighted by molar-refractivity contribution is 6.02. The van der Waals surface area contributed by atoms with Crippen LogP contribution in [0.25, 0.3) is 0 Å². The Kier molecular flexibility index (Phi) is 9.98. The van der Waals surface area contributed by atoms with Crippen molar-refractivity contribution in [2.45, 2.75) is 51.6 Å². The predicted molar refractivity (Wildman–Crippen MR) is 133 cm³/mol. The van der Waals surface area contributed by atoms with Crippen LogP contribution >= 0.6 is 0 Å². The van der Waals surface area contributed by atoms with Gasteiger partial charge in [0.2, 0.25) is 0 Å². The van der Waals surface area contributed by atoms with Crippen LogP contribution in [0.4, 0.5) is 0 Å². The van der Waals surface area contributed by atoms with Crippen molar-refractivity contribution in [1.82, 2.24) is 10.3 Å². The van der Waals surface area contributed by atoms with Gasteiger partial charge < -0.3 is 9.47 Å². The summed E-state index contributed by atoms with van der Waals surface area (Å²) in [5.74, 6) is -1.32. The highest BCUT2D eigenvalue weighted by atomic mass is 16.5. The second-order valence-corrected chi connectivity index (χ2v) is 8.20. The summed E-state index contributed by atoms with van der Waals surface area (Å²) in [6, 6.07) is 18.0. The molecule has 2 atom stereocenters. The quantitative estimate of drug-likeness (QED) is 0.498. The molecule has 3 rings (SSSR count). The smallest absolute Gasteiger partial charge is 0.327 e. The van der Waals surface area contributed by atoms with Crippen molar-refractivity contribution in [3.8, 4) is 0 Å². The van der Waals surface area contributed by atoms with Gasteiger partial charge in [-0.1, -0.05) is 60.7 Å². The number of carbonyl (C=O) groups is 3. The van der Waals surface area contributed by atoms with Gasteiger partial charge in [0.25, 0.3) is 5.91 Å². The lowest BCUT2D eigenvalue weighted by atomic mass is 10.0. The first kappa shape index (κ1) is 26.1. The number of ether oxygens (including phenoxy) is 2. The van der Waals surface area contributed by atoms with Gasteiger partial charge in [-0.15, -0.1) is 0 Å². The number of hydrogen-bond acceptors (Lipinski definition) is 7. The topological polar surface area (TPSA) is 97.3 Å². The molecular formula is C27H33N3O5. The van der Waals surface area contributed by atoms with Gasteiger partial charge in [-0.2, -0.15) is 5.10 Å². The fourth-order valence-electron chi connectivity index (χ4n) is 3.97. The van der Waals surface area contributed by atoms with Crippen molar-refractivity contribution < 1.29 is 23.9 Å². The summed E-state index contributed by atoms with van der Waals surface area (Å²) >= 11 is 0. The van der Waals surface area contributed by atoms with E-state index < -0.39 is 24.0 Å². The number of benzene rings is 2. The summed E-state index contributed by atoms with van der Waals surface area (Å²) in [5, 5.41) is 8.90. The molecule has 1 amide bonds. The molecule has 1 heterocycles. The van der Waals surface area contributed by atoms with Gasteiger partial charge >= 0.3 is 11.9 Å². The Bertz CT molecular complexity index is 1010. The van der Waals surface area contributed by atoms with Gasteiger partial charge in [0, 0.05) is 0 Å². The van der Waals surface area contributed by atoms with Crippen molar-refractivity contribution in [2.75, 3.05) is 19.8 Å². The Morgan fingerprint density at radius 1 is 1.03 bits per heavy atom. The van der Waals surface area contributed by atoms with Crippen molar-refractivity contribution in [1.29, 1.82) is 0 Å². The largest absolute Gasteiger partial charge is 0.465 e. The van der Waals surface area contributed by atoms with E-state index in [1.807, 2.05) is 60.7 Å². The fraction of sp³-hybridized carbons (Fsp3) is 0.407. The average Bonchev–Trinajstić information content (AvgIpc) is 3.02. The monoisotopic (exact) mass is 479 g/mol. The summed E-state index contributed by atoms with van der Waals surface area (Å²) < 4.78 is 10.3. The zero-order valence-corrected chi connectivity index (χ0v) is 20.3. The van der Waals surface area contributed by atoms with Crippen LogP contribution in [0.5, 0.6) is 0 Å². The molecule has 1 N–H and O–H groups in total. The van der Waals surface area contributed by atoms with Crippen LogP contribution in [0.1, 0.15) is 44.2 Å². The number of carbonyl (C=O) groups excluding carboxylic acids is 3. The Morgan fingerprint density at radius 2 is 1.69 bits per heavy atom. The van der Waals surface area contributed by atoms with Crippen molar-refractivity contribution in [2.24, 2.45) is 5.10 Å². The standard InChI is InChI=1S/C27H33N3O5/c1-3-34-25(31)19-30-26(32)23(18-17-22(29-30)21-13-9-6-10-14-21)28-24(27(33)35-4-2)16-15-20-11-7-5-8-12-20/h5-14,23-24,28H,3-4,15-19H2,1-2H3/t23-,24-/m0/s1. The van der Waals surface area contributed by atoms with Crippen LogP contribution in [0, 0.1) is 0 Å². The molecule has 0 fully saturated rings. The maximum Gasteiger partial charge on any atom is 0.327 e. The number of nitrogens with one attached hydrogen (secondary N) is 1. The van der Waals surface area contributed by atoms with Gasteiger partial charge in [0.15, 0.2) is 0 Å². The molecule has 186 valence electrons. The molecule has 0 spiro atoms. The molecule has 0 aromatic heterocycles. The Morgan fingerprint density at radius 3 is 2.34 bits per heavy atom. The van der Waals surface area contributed by atoms with Gasteiger partial charge in [0.05, 0.1) is 25.0 Å². The molecule has 35 heavy (non-hydrogen) atoms. The molecule has 0 bridgehead atoms. The second kappa shape index (κ2) is 13.4. The van der Waals surface area contributed by atoms with E-state index in [1.54, 1.807) is 13.8 Å². The molecule has 8 heteroatoms. The van der Waals surface area contributed by atoms with Gasteiger partial charge in [-0.25, -0.2) is 5.01 Å². The van der Waals surface area contributed by atoms with E-state index in [2.05, 4.69) is 10.4 Å². The van der Waals surface area contributed by atoms with Gasteiger partial charge in [-0.3, -0.25) is 19.7 Å². The summed E-state index contributed by atoms with van der Waals surface area (Å²) in [6.45, 7) is 3.63. The number of rotatable bonds is 11. The molecule has 1 aliphatic heterocycles. The first-order chi connectivity index (χ1) is 17.0. The number of nitrogens with zero attached hydrogens (tertiary/aromatic N) is 2. The van der Waals surface area contributed by atoms with Crippen molar-refractivity contribution in [3.05, 3.63) is 71.8 Å². The minimum atomic E-state index is -0.709. The zero-order valence-electron chi connectivity index (χ0n) is 20.3. The lowest BCUT2D eigenvalue weighted by Crippen LogP contribution is -2.51. The molecule has 0 aliphatic carbocycles. The third-order valence-corrected chi connectivity index (χ3v) is 5.69. The Balaban J connectivity index is 1.80. The second-order valence-electron chi connectivity index (χ2n) is 8.20. The van der Waals surface area contributed by atoms with E-state index in [0.717, 1.165) is 16.1 Å². The molecule has 0 saturated heterocycles. The SMILES string of the molecule is CCOC(=O)CN1N=C(c2ccccc2)CC[C@H](N[C@@H](CCc2ccccc2)C(=O)OCC)C1=O. The van der Waals surface area contributed by atoms with Crippen LogP contribution in [0.15, 0.2) is 65.8 Å². The number of amides is 1. The fourth-order valence-corrected chi connectivity index (χ4v) is 3.97. The van der Waals surface area contributed by atoms with E-state index in [0.29, 0.717) is 31.4 Å². The third kappa shape index (κ3) is 7.75. The first-order valence-corrected chi connectivity index (χ1v) is 12.1. The summed E-state index contributed by atoms with van der Waals surface area (Å²) in [6.07, 6.45) is 2.04. The molecule has 2 aromatic carbocycles. The number of esters is 2. The van der Waals surface area contributed by atoms with E-state index in [4.69, 9.17) is 9.47 Å². The number of hydrogen-bond donors (Lipinski definition) is 1. The lowest BCUT2D eigenvalue weighted by molar-refractivity contribution is -0.150. The molecule has 2 aromatic rings. The zero-order chi connectivity index (χ0) is 25.0. The normalized spacial score (nSPS) is 16.7. The Hall–Kier alpha value is -3.52. The molecular weight excluding hydrogens is 446 g/mol. The maximum atomic E-state index is 13.4. The van der Waals surface area contributed by atoms with Crippen molar-refractivity contribution >= 4 is 23.6 Å². The molecule has 1 aliphatic rings. The van der Waals surface area contributed by atoms with Gasteiger partial charge in [0.1, 0.15) is 12.6 Å². The van der Waals surface area contributed by atoms with Crippen LogP contribution in [-0.4, -0.2) is 60.4 Å². The summed E-state index contributed by atoms with van der Waals surface area (Å²) in [5.41, 5.74) is 2.67. The van der Waals surface area contributed by atoms with Crippen molar-refractivity contribution in [3.63, 3.8) is 0 Å². The minimum Gasteiger partial charge on any atom is -0.465 e. The molecule has 0 saturated carbocycles.